The molecule has 0 aliphatic rings. The van der Waals surface area contributed by atoms with Crippen molar-refractivity contribution < 1.29 is 9.90 Å². The number of nitrogens with one attached hydrogen (secondary N) is 1. The van der Waals surface area contributed by atoms with Crippen LogP contribution in [-0.2, 0) is 0 Å². The van der Waals surface area contributed by atoms with Crippen LogP contribution in [0, 0.1) is 17.4 Å². The quantitative estimate of drug-likeness (QED) is 0.225. The third-order valence-electron chi connectivity index (χ3n) is 4.20. The summed E-state index contributed by atoms with van der Waals surface area (Å²) in [5, 5.41) is 14.1. The summed E-state index contributed by atoms with van der Waals surface area (Å²) < 4.78 is 4.41. The van der Waals surface area contributed by atoms with E-state index >= 15 is 0 Å². The molecule has 2 N–H and O–H groups in total. The number of nitrogens with zero attached hydrogens (tertiary/aromatic N) is 2. The Labute approximate surface area is 193 Å². The van der Waals surface area contributed by atoms with Crippen LogP contribution in [0.5, 0.6) is 5.75 Å². The number of hydrogen-bond acceptors (Lipinski definition) is 3. The highest BCUT2D eigenvalue weighted by molar-refractivity contribution is 14.1. The fourth-order valence-corrected chi connectivity index (χ4v) is 4.45. The minimum Gasteiger partial charge on any atom is -0.506 e. The van der Waals surface area contributed by atoms with E-state index < -0.39 is 5.91 Å². The summed E-state index contributed by atoms with van der Waals surface area (Å²) in [6, 6.07) is 13.5. The number of carbonyl (C=O) groups excluding carboxylic acids is 1. The first-order valence-corrected chi connectivity index (χ1v) is 10.9. The van der Waals surface area contributed by atoms with Gasteiger partial charge in [0.1, 0.15) is 5.75 Å². The van der Waals surface area contributed by atoms with E-state index in [1.807, 2.05) is 19.9 Å². The van der Waals surface area contributed by atoms with Gasteiger partial charge in [-0.05, 0) is 94.8 Å². The van der Waals surface area contributed by atoms with Gasteiger partial charge in [0.05, 0.1) is 16.3 Å². The first-order chi connectivity index (χ1) is 13.3. The highest BCUT2D eigenvalue weighted by Gasteiger charge is 2.15. The summed E-state index contributed by atoms with van der Waals surface area (Å²) in [4.78, 5) is 12.3. The summed E-state index contributed by atoms with van der Waals surface area (Å²) in [5.41, 5.74) is 6.65. The fourth-order valence-electron chi connectivity index (χ4n) is 2.87. The van der Waals surface area contributed by atoms with Crippen LogP contribution in [0.15, 0.2) is 56.5 Å². The van der Waals surface area contributed by atoms with Crippen molar-refractivity contribution in [1.29, 1.82) is 0 Å². The molecule has 1 amide bonds. The van der Waals surface area contributed by atoms with E-state index in [9.17, 15) is 9.90 Å². The third kappa shape index (κ3) is 4.49. The zero-order valence-corrected chi connectivity index (χ0v) is 20.3. The van der Waals surface area contributed by atoms with Crippen molar-refractivity contribution in [2.24, 2.45) is 5.10 Å². The maximum absolute atomic E-state index is 12.3. The number of benzene rings is 2. The zero-order valence-electron chi connectivity index (χ0n) is 15.0. The van der Waals surface area contributed by atoms with Gasteiger partial charge in [-0.1, -0.05) is 15.9 Å². The van der Waals surface area contributed by atoms with Gasteiger partial charge in [-0.25, -0.2) is 5.43 Å². The number of aromatic nitrogens is 1. The number of phenolic OH excluding ortho intramolecular Hbond substituents is 1. The molecule has 5 nitrogen and oxygen atoms in total. The van der Waals surface area contributed by atoms with Crippen molar-refractivity contribution >= 4 is 66.6 Å². The van der Waals surface area contributed by atoms with Crippen LogP contribution in [0.25, 0.3) is 5.69 Å². The van der Waals surface area contributed by atoms with Crippen molar-refractivity contribution in [1.82, 2.24) is 9.99 Å². The first-order valence-electron chi connectivity index (χ1n) is 8.24. The Balaban J connectivity index is 1.81. The molecular formula is C20H16Br2IN3O2. The number of hydrazone groups is 1. The van der Waals surface area contributed by atoms with Crippen LogP contribution in [0.1, 0.15) is 27.3 Å². The van der Waals surface area contributed by atoms with Gasteiger partial charge in [0.2, 0.25) is 0 Å². The molecule has 1 heterocycles. The lowest BCUT2D eigenvalue weighted by Gasteiger charge is -2.09. The Morgan fingerprint density at radius 1 is 1.18 bits per heavy atom. The number of amides is 1. The molecule has 0 aliphatic carbocycles. The minimum absolute atomic E-state index is 0.128. The summed E-state index contributed by atoms with van der Waals surface area (Å²) in [7, 11) is 0. The second-order valence-corrected chi connectivity index (χ2v) is 9.14. The normalized spacial score (nSPS) is 11.2. The van der Waals surface area contributed by atoms with Crippen molar-refractivity contribution in [3.8, 4) is 11.4 Å². The van der Waals surface area contributed by atoms with Gasteiger partial charge in [0.25, 0.3) is 5.91 Å². The molecule has 0 atom stereocenters. The van der Waals surface area contributed by atoms with Crippen molar-refractivity contribution in [2.75, 3.05) is 0 Å². The second-order valence-electron chi connectivity index (χ2n) is 6.12. The average Bonchev–Trinajstić information content (AvgIpc) is 2.92. The van der Waals surface area contributed by atoms with Gasteiger partial charge in [-0.15, -0.1) is 0 Å². The summed E-state index contributed by atoms with van der Waals surface area (Å²) >= 11 is 8.80. The number of aromatic hydroxyl groups is 1. The van der Waals surface area contributed by atoms with Crippen LogP contribution < -0.4 is 5.43 Å². The maximum Gasteiger partial charge on any atom is 0.275 e. The van der Waals surface area contributed by atoms with E-state index in [1.54, 1.807) is 12.3 Å². The van der Waals surface area contributed by atoms with Crippen LogP contribution in [0.2, 0.25) is 0 Å². The topological polar surface area (TPSA) is 66.6 Å². The molecule has 2 aromatic carbocycles. The van der Waals surface area contributed by atoms with Crippen molar-refractivity contribution in [2.45, 2.75) is 13.8 Å². The van der Waals surface area contributed by atoms with Gasteiger partial charge >= 0.3 is 0 Å². The number of halogens is 3. The Morgan fingerprint density at radius 2 is 1.86 bits per heavy atom. The van der Waals surface area contributed by atoms with E-state index in [2.05, 4.69) is 93.8 Å². The Bertz CT molecular complexity index is 1080. The Morgan fingerprint density at radius 3 is 2.54 bits per heavy atom. The number of aryl methyl sites for hydroxylation is 1. The number of hydrogen-bond donors (Lipinski definition) is 2. The summed E-state index contributed by atoms with van der Waals surface area (Å²) in [6.07, 6.45) is 1.60. The van der Waals surface area contributed by atoms with Crippen LogP contribution in [-0.4, -0.2) is 21.8 Å². The summed E-state index contributed by atoms with van der Waals surface area (Å²) in [5.74, 6) is -0.630. The molecule has 0 saturated carbocycles. The van der Waals surface area contributed by atoms with E-state index in [1.165, 1.54) is 9.64 Å². The molecule has 144 valence electrons. The van der Waals surface area contributed by atoms with E-state index in [4.69, 9.17) is 0 Å². The van der Waals surface area contributed by atoms with Gasteiger partial charge in [-0.2, -0.15) is 5.10 Å². The SMILES string of the molecule is Cc1cc(/C=N\NC(=O)c2cc(Br)cc(Br)c2O)c(C)n1-c1ccc(I)cc1. The summed E-state index contributed by atoms with van der Waals surface area (Å²) in [6.45, 7) is 4.03. The van der Waals surface area contributed by atoms with E-state index in [-0.39, 0.29) is 11.3 Å². The molecule has 0 unspecified atom stereocenters. The number of rotatable bonds is 4. The molecule has 1 aromatic heterocycles. The largest absolute Gasteiger partial charge is 0.506 e. The third-order valence-corrected chi connectivity index (χ3v) is 5.98. The van der Waals surface area contributed by atoms with Crippen molar-refractivity contribution in [3.63, 3.8) is 0 Å². The lowest BCUT2D eigenvalue weighted by molar-refractivity contribution is 0.0952. The average molecular weight is 617 g/mol. The second kappa shape index (κ2) is 8.79. The Kier molecular flexibility index (Phi) is 6.61. The van der Waals surface area contributed by atoms with E-state index in [0.717, 1.165) is 22.6 Å². The van der Waals surface area contributed by atoms with Crippen LogP contribution in [0.4, 0.5) is 0 Å². The van der Waals surface area contributed by atoms with Gasteiger partial charge < -0.3 is 9.67 Å². The lowest BCUT2D eigenvalue weighted by atomic mass is 10.2. The molecule has 3 aromatic rings. The fraction of sp³-hybridized carbons (Fsp3) is 0.100. The van der Waals surface area contributed by atoms with Gasteiger partial charge in [-0.3, -0.25) is 4.79 Å². The van der Waals surface area contributed by atoms with Gasteiger partial charge in [0.15, 0.2) is 0 Å². The van der Waals surface area contributed by atoms with E-state index in [0.29, 0.717) is 8.95 Å². The van der Waals surface area contributed by atoms with Gasteiger partial charge in [0, 0.05) is 30.7 Å². The van der Waals surface area contributed by atoms with Crippen LogP contribution >= 0.6 is 54.5 Å². The molecule has 0 spiro atoms. The molecule has 0 bridgehead atoms. The minimum atomic E-state index is -0.498. The molecule has 3 rings (SSSR count). The monoisotopic (exact) mass is 615 g/mol. The smallest absolute Gasteiger partial charge is 0.275 e. The molecular weight excluding hydrogens is 601 g/mol. The highest BCUT2D eigenvalue weighted by atomic mass is 127. The number of phenols is 1. The molecule has 28 heavy (non-hydrogen) atoms. The highest BCUT2D eigenvalue weighted by Crippen LogP contribution is 2.31. The molecule has 0 fully saturated rings. The standard InChI is InChI=1S/C20H16Br2IN3O2/c1-11-7-13(12(2)26(11)16-5-3-15(23)4-6-16)10-24-25-20(28)17-8-14(21)9-18(22)19(17)27/h3-10,27H,1-2H3,(H,25,28)/b24-10-. The molecule has 0 saturated heterocycles. The predicted molar refractivity (Wildman–Crippen MR) is 127 cm³/mol. The van der Waals surface area contributed by atoms with Crippen molar-refractivity contribution in [3.05, 3.63) is 77.5 Å². The first kappa shape index (κ1) is 21.1. The van der Waals surface area contributed by atoms with Crippen LogP contribution in [0.3, 0.4) is 0 Å². The predicted octanol–water partition coefficient (Wildman–Crippen LogP) is 5.69. The number of carbonyl (C=O) groups is 1. The molecule has 0 aliphatic heterocycles. The molecule has 0 radical (unpaired) electrons. The molecule has 8 heteroatoms. The Hall–Kier alpha value is -1.65. The zero-order chi connectivity index (χ0) is 20.4. The maximum atomic E-state index is 12.3. The lowest BCUT2D eigenvalue weighted by Crippen LogP contribution is -2.18.